The lowest BCUT2D eigenvalue weighted by molar-refractivity contribution is 0.311. The fraction of sp³-hybridized carbons (Fsp3) is 0.278. The first-order valence-corrected chi connectivity index (χ1v) is 7.59. The lowest BCUT2D eigenvalue weighted by atomic mass is 10.2. The van der Waals surface area contributed by atoms with Crippen LogP contribution < -0.4 is 20.5 Å². The van der Waals surface area contributed by atoms with Gasteiger partial charge in [0.2, 0.25) is 0 Å². The molecule has 0 aliphatic carbocycles. The molecule has 5 nitrogen and oxygen atoms in total. The van der Waals surface area contributed by atoms with Crippen molar-refractivity contribution in [3.05, 3.63) is 54.1 Å². The first-order valence-electron chi connectivity index (χ1n) is 7.59. The summed E-state index contributed by atoms with van der Waals surface area (Å²) in [5.41, 5.74) is 7.82. The van der Waals surface area contributed by atoms with Gasteiger partial charge in [0, 0.05) is 13.0 Å². The van der Waals surface area contributed by atoms with Crippen LogP contribution in [0, 0.1) is 6.92 Å². The van der Waals surface area contributed by atoms with Crippen LogP contribution in [0.4, 0.5) is 5.69 Å². The summed E-state index contributed by atoms with van der Waals surface area (Å²) >= 11 is 0. The first kappa shape index (κ1) is 16.7. The molecule has 3 N–H and O–H groups in total. The highest BCUT2D eigenvalue weighted by molar-refractivity contribution is 5.93. The summed E-state index contributed by atoms with van der Waals surface area (Å²) in [6.07, 6.45) is 0.794. The monoisotopic (exact) mass is 313 g/mol. The van der Waals surface area contributed by atoms with E-state index in [0.29, 0.717) is 19.1 Å². The number of para-hydroxylation sites is 3. The van der Waals surface area contributed by atoms with Crippen LogP contribution in [0.1, 0.15) is 12.0 Å². The number of guanidine groups is 1. The normalized spacial score (nSPS) is 11.1. The van der Waals surface area contributed by atoms with Gasteiger partial charge in [0.1, 0.15) is 11.5 Å². The molecular formula is C18H23N3O2. The second-order valence-electron chi connectivity index (χ2n) is 5.06. The van der Waals surface area contributed by atoms with Gasteiger partial charge < -0.3 is 20.5 Å². The largest absolute Gasteiger partial charge is 0.495 e. The van der Waals surface area contributed by atoms with Crippen LogP contribution in [0.5, 0.6) is 11.5 Å². The number of aliphatic imine (C=N–C) groups is 1. The molecule has 122 valence electrons. The lowest BCUT2D eigenvalue weighted by Crippen LogP contribution is -2.23. The van der Waals surface area contributed by atoms with Crippen molar-refractivity contribution < 1.29 is 9.47 Å². The zero-order valence-electron chi connectivity index (χ0n) is 13.6. The molecule has 23 heavy (non-hydrogen) atoms. The van der Waals surface area contributed by atoms with E-state index in [9.17, 15) is 0 Å². The molecule has 0 atom stereocenters. The van der Waals surface area contributed by atoms with Crippen LogP contribution in [0.25, 0.3) is 0 Å². The Morgan fingerprint density at radius 3 is 2.52 bits per heavy atom. The standard InChI is InChI=1S/C18H23N3O2/c1-14-8-3-5-10-16(14)23-13-7-12-20-18(19)21-15-9-4-6-11-17(15)22-2/h3-6,8-11H,7,12-13H2,1-2H3,(H3,19,20,21). The summed E-state index contributed by atoms with van der Waals surface area (Å²) in [7, 11) is 1.62. The molecule has 0 spiro atoms. The number of nitrogens with one attached hydrogen (secondary N) is 1. The molecule has 0 heterocycles. The zero-order chi connectivity index (χ0) is 16.5. The van der Waals surface area contributed by atoms with Crippen molar-refractivity contribution in [1.29, 1.82) is 0 Å². The zero-order valence-corrected chi connectivity index (χ0v) is 13.6. The lowest BCUT2D eigenvalue weighted by Gasteiger charge is -2.10. The third-order valence-electron chi connectivity index (χ3n) is 3.31. The van der Waals surface area contributed by atoms with E-state index < -0.39 is 0 Å². The van der Waals surface area contributed by atoms with Gasteiger partial charge in [0.15, 0.2) is 5.96 Å². The van der Waals surface area contributed by atoms with E-state index in [4.69, 9.17) is 15.2 Å². The molecule has 0 radical (unpaired) electrons. The van der Waals surface area contributed by atoms with E-state index in [1.54, 1.807) is 7.11 Å². The van der Waals surface area contributed by atoms with Crippen molar-refractivity contribution in [2.75, 3.05) is 25.6 Å². The summed E-state index contributed by atoms with van der Waals surface area (Å²) in [6.45, 7) is 3.23. The smallest absolute Gasteiger partial charge is 0.193 e. The van der Waals surface area contributed by atoms with E-state index in [2.05, 4.69) is 10.3 Å². The number of benzene rings is 2. The second kappa shape index (κ2) is 8.68. The summed E-state index contributed by atoms with van der Waals surface area (Å²) in [4.78, 5) is 4.30. The van der Waals surface area contributed by atoms with Crippen LogP contribution in [0.3, 0.4) is 0 Å². The Bertz CT molecular complexity index is 656. The van der Waals surface area contributed by atoms with Gasteiger partial charge in [-0.3, -0.25) is 4.99 Å². The third-order valence-corrected chi connectivity index (χ3v) is 3.31. The fourth-order valence-corrected chi connectivity index (χ4v) is 2.09. The van der Waals surface area contributed by atoms with Crippen molar-refractivity contribution in [1.82, 2.24) is 0 Å². The van der Waals surface area contributed by atoms with Gasteiger partial charge in [-0.05, 0) is 30.7 Å². The summed E-state index contributed by atoms with van der Waals surface area (Å²) in [6, 6.07) is 15.5. The number of rotatable bonds is 7. The highest BCUT2D eigenvalue weighted by atomic mass is 16.5. The molecule has 0 unspecified atom stereocenters. The van der Waals surface area contributed by atoms with E-state index >= 15 is 0 Å². The highest BCUT2D eigenvalue weighted by Gasteiger charge is 2.02. The van der Waals surface area contributed by atoms with Crippen LogP contribution in [-0.4, -0.2) is 26.2 Å². The Kier molecular flexibility index (Phi) is 6.29. The Morgan fingerprint density at radius 2 is 1.78 bits per heavy atom. The molecule has 2 rings (SSSR count). The maximum atomic E-state index is 5.89. The minimum absolute atomic E-state index is 0.366. The van der Waals surface area contributed by atoms with Crippen LogP contribution in [0.2, 0.25) is 0 Å². The summed E-state index contributed by atoms with van der Waals surface area (Å²) in [5.74, 6) is 2.01. The van der Waals surface area contributed by atoms with Gasteiger partial charge in [-0.25, -0.2) is 0 Å². The molecule has 2 aromatic carbocycles. The molecule has 2 aromatic rings. The van der Waals surface area contributed by atoms with Crippen molar-refractivity contribution in [2.45, 2.75) is 13.3 Å². The van der Waals surface area contributed by atoms with E-state index in [1.165, 1.54) is 0 Å². The maximum Gasteiger partial charge on any atom is 0.193 e. The quantitative estimate of drug-likeness (QED) is 0.468. The van der Waals surface area contributed by atoms with Crippen molar-refractivity contribution >= 4 is 11.6 Å². The van der Waals surface area contributed by atoms with Crippen molar-refractivity contribution in [3.63, 3.8) is 0 Å². The van der Waals surface area contributed by atoms with Gasteiger partial charge in [-0.15, -0.1) is 0 Å². The number of hydrogen-bond acceptors (Lipinski definition) is 3. The Morgan fingerprint density at radius 1 is 1.09 bits per heavy atom. The molecule has 0 aromatic heterocycles. The van der Waals surface area contributed by atoms with E-state index in [-0.39, 0.29) is 0 Å². The fourth-order valence-electron chi connectivity index (χ4n) is 2.09. The third kappa shape index (κ3) is 5.21. The Hall–Kier alpha value is -2.69. The Balaban J connectivity index is 1.76. The van der Waals surface area contributed by atoms with Gasteiger partial charge in [0.25, 0.3) is 0 Å². The van der Waals surface area contributed by atoms with E-state index in [1.807, 2.05) is 55.5 Å². The number of aryl methyl sites for hydroxylation is 1. The molecule has 0 bridgehead atoms. The van der Waals surface area contributed by atoms with Gasteiger partial charge in [-0.1, -0.05) is 30.3 Å². The topological polar surface area (TPSA) is 68.9 Å². The average Bonchev–Trinajstić information content (AvgIpc) is 2.56. The number of nitrogens with zero attached hydrogens (tertiary/aromatic N) is 1. The number of ether oxygens (including phenoxy) is 2. The molecular weight excluding hydrogens is 290 g/mol. The average molecular weight is 313 g/mol. The first-order chi connectivity index (χ1) is 11.2. The molecule has 0 amide bonds. The Labute approximate surface area is 137 Å². The number of hydrogen-bond donors (Lipinski definition) is 2. The van der Waals surface area contributed by atoms with Crippen molar-refractivity contribution in [2.24, 2.45) is 10.7 Å². The van der Waals surface area contributed by atoms with Gasteiger partial charge in [-0.2, -0.15) is 0 Å². The number of anilines is 1. The minimum atomic E-state index is 0.366. The number of nitrogens with two attached hydrogens (primary N) is 1. The second-order valence-corrected chi connectivity index (χ2v) is 5.06. The van der Waals surface area contributed by atoms with Gasteiger partial charge in [0.05, 0.1) is 19.4 Å². The minimum Gasteiger partial charge on any atom is -0.495 e. The molecule has 0 saturated heterocycles. The SMILES string of the molecule is COc1ccccc1NC(N)=NCCCOc1ccccc1C. The molecule has 0 fully saturated rings. The van der Waals surface area contributed by atoms with Crippen LogP contribution in [0.15, 0.2) is 53.5 Å². The maximum absolute atomic E-state index is 5.89. The highest BCUT2D eigenvalue weighted by Crippen LogP contribution is 2.22. The number of methoxy groups -OCH3 is 1. The van der Waals surface area contributed by atoms with Crippen LogP contribution >= 0.6 is 0 Å². The molecule has 5 heteroatoms. The summed E-state index contributed by atoms with van der Waals surface area (Å²) in [5, 5.41) is 3.04. The summed E-state index contributed by atoms with van der Waals surface area (Å²) < 4.78 is 11.0. The van der Waals surface area contributed by atoms with Crippen molar-refractivity contribution in [3.8, 4) is 11.5 Å². The predicted octanol–water partition coefficient (Wildman–Crippen LogP) is 3.20. The predicted molar refractivity (Wildman–Crippen MR) is 94.4 cm³/mol. The van der Waals surface area contributed by atoms with Crippen LogP contribution in [-0.2, 0) is 0 Å². The molecule has 0 aliphatic heterocycles. The molecule has 0 aliphatic rings. The van der Waals surface area contributed by atoms with Gasteiger partial charge >= 0.3 is 0 Å². The molecule has 0 saturated carbocycles. The van der Waals surface area contributed by atoms with E-state index in [0.717, 1.165) is 29.2 Å².